The highest BCUT2D eigenvalue weighted by Gasteiger charge is 2.38. The molecule has 2 aromatic carbocycles. The van der Waals surface area contributed by atoms with Crippen molar-refractivity contribution in [1.82, 2.24) is 0 Å². The maximum absolute atomic E-state index is 12.9. The van der Waals surface area contributed by atoms with Crippen molar-refractivity contribution in [2.24, 2.45) is 0 Å². The van der Waals surface area contributed by atoms with Gasteiger partial charge in [-0.1, -0.05) is 33.8 Å². The third kappa shape index (κ3) is 4.21. The number of hydrogen-bond donors (Lipinski definition) is 0. The van der Waals surface area contributed by atoms with Crippen molar-refractivity contribution in [2.75, 3.05) is 6.61 Å². The summed E-state index contributed by atoms with van der Waals surface area (Å²) in [6.07, 6.45) is 2.21. The lowest BCUT2D eigenvalue weighted by atomic mass is 9.62. The molecule has 2 aromatic rings. The van der Waals surface area contributed by atoms with Gasteiger partial charge in [-0.2, -0.15) is 0 Å². The summed E-state index contributed by atoms with van der Waals surface area (Å²) in [5.74, 6) is -0.367. The zero-order valence-corrected chi connectivity index (χ0v) is 18.2. The Balaban J connectivity index is 1.88. The molecule has 1 aliphatic rings. The molecule has 0 saturated heterocycles. The van der Waals surface area contributed by atoms with Crippen LogP contribution in [-0.4, -0.2) is 18.5 Å². The molecule has 29 heavy (non-hydrogen) atoms. The number of ether oxygens (including phenoxy) is 2. The fourth-order valence-electron chi connectivity index (χ4n) is 3.98. The van der Waals surface area contributed by atoms with Gasteiger partial charge in [0, 0.05) is 0 Å². The summed E-state index contributed by atoms with van der Waals surface area (Å²) in [6.45, 7) is 13.0. The molecule has 0 atom stereocenters. The van der Waals surface area contributed by atoms with Crippen LogP contribution in [0.2, 0.25) is 0 Å². The Morgan fingerprint density at radius 1 is 0.897 bits per heavy atom. The quantitative estimate of drug-likeness (QED) is 0.490. The SMILES string of the molecule is CCOC(=O)c1ccc(OC(=O)c2cc3c(cc2C)C(C)(C)CCC3(C)C)cc1. The van der Waals surface area contributed by atoms with Gasteiger partial charge in [-0.15, -0.1) is 0 Å². The number of carbonyl (C=O) groups excluding carboxylic acids is 2. The Labute approximate surface area is 173 Å². The molecule has 0 amide bonds. The highest BCUT2D eigenvalue weighted by Crippen LogP contribution is 2.46. The average Bonchev–Trinajstić information content (AvgIpc) is 2.66. The topological polar surface area (TPSA) is 52.6 Å². The summed E-state index contributed by atoms with van der Waals surface area (Å²) in [7, 11) is 0. The second-order valence-electron chi connectivity index (χ2n) is 9.11. The van der Waals surface area contributed by atoms with E-state index in [0.29, 0.717) is 23.5 Å². The number of carbonyl (C=O) groups is 2. The fraction of sp³-hybridized carbons (Fsp3) is 0.440. The zero-order chi connectivity index (χ0) is 21.4. The number of benzene rings is 2. The van der Waals surface area contributed by atoms with Gasteiger partial charge >= 0.3 is 11.9 Å². The first kappa shape index (κ1) is 21.1. The van der Waals surface area contributed by atoms with Gasteiger partial charge in [0.05, 0.1) is 17.7 Å². The lowest BCUT2D eigenvalue weighted by Gasteiger charge is -2.42. The largest absolute Gasteiger partial charge is 0.462 e. The Hall–Kier alpha value is -2.62. The van der Waals surface area contributed by atoms with Crippen LogP contribution in [0.15, 0.2) is 36.4 Å². The van der Waals surface area contributed by atoms with Crippen molar-refractivity contribution in [1.29, 1.82) is 0 Å². The molecule has 0 aliphatic heterocycles. The molecular formula is C25H30O4. The van der Waals surface area contributed by atoms with Gasteiger partial charge in [0.2, 0.25) is 0 Å². The maximum atomic E-state index is 12.9. The number of rotatable bonds is 4. The summed E-state index contributed by atoms with van der Waals surface area (Å²) in [5, 5.41) is 0. The van der Waals surface area contributed by atoms with Gasteiger partial charge < -0.3 is 9.47 Å². The monoisotopic (exact) mass is 394 g/mol. The van der Waals surface area contributed by atoms with Gasteiger partial charge in [0.25, 0.3) is 0 Å². The molecule has 1 aliphatic carbocycles. The molecule has 0 aromatic heterocycles. The second-order valence-corrected chi connectivity index (χ2v) is 9.11. The van der Waals surface area contributed by atoms with Gasteiger partial charge in [0.15, 0.2) is 0 Å². The zero-order valence-electron chi connectivity index (χ0n) is 18.2. The van der Waals surface area contributed by atoms with Crippen LogP contribution in [0.4, 0.5) is 0 Å². The van der Waals surface area contributed by atoms with Crippen LogP contribution < -0.4 is 4.74 Å². The van der Waals surface area contributed by atoms with E-state index in [-0.39, 0.29) is 22.8 Å². The Bertz CT molecular complexity index is 936. The van der Waals surface area contributed by atoms with E-state index in [4.69, 9.17) is 9.47 Å². The van der Waals surface area contributed by atoms with Gasteiger partial charge in [0.1, 0.15) is 5.75 Å². The van der Waals surface area contributed by atoms with Crippen molar-refractivity contribution < 1.29 is 19.1 Å². The predicted octanol–water partition coefficient (Wildman–Crippen LogP) is 5.74. The van der Waals surface area contributed by atoms with E-state index >= 15 is 0 Å². The predicted molar refractivity (Wildman–Crippen MR) is 114 cm³/mol. The lowest BCUT2D eigenvalue weighted by Crippen LogP contribution is -2.34. The van der Waals surface area contributed by atoms with Crippen LogP contribution >= 0.6 is 0 Å². The van der Waals surface area contributed by atoms with E-state index in [1.54, 1.807) is 31.2 Å². The fourth-order valence-corrected chi connectivity index (χ4v) is 3.98. The molecule has 0 radical (unpaired) electrons. The molecule has 0 bridgehead atoms. The number of esters is 2. The smallest absolute Gasteiger partial charge is 0.343 e. The highest BCUT2D eigenvalue weighted by molar-refractivity contribution is 5.93. The minimum absolute atomic E-state index is 0.0227. The van der Waals surface area contributed by atoms with Crippen molar-refractivity contribution in [3.8, 4) is 5.75 Å². The Morgan fingerprint density at radius 3 is 2.00 bits per heavy atom. The van der Waals surface area contributed by atoms with E-state index in [9.17, 15) is 9.59 Å². The molecule has 154 valence electrons. The Kier molecular flexibility index (Phi) is 5.57. The van der Waals surface area contributed by atoms with E-state index < -0.39 is 0 Å². The summed E-state index contributed by atoms with van der Waals surface area (Å²) < 4.78 is 10.6. The summed E-state index contributed by atoms with van der Waals surface area (Å²) >= 11 is 0. The van der Waals surface area contributed by atoms with Crippen molar-refractivity contribution >= 4 is 11.9 Å². The van der Waals surface area contributed by atoms with E-state index in [1.807, 2.05) is 13.0 Å². The molecule has 0 saturated carbocycles. The van der Waals surface area contributed by atoms with Crippen molar-refractivity contribution in [3.05, 3.63) is 64.2 Å². The molecule has 0 heterocycles. The average molecular weight is 395 g/mol. The lowest BCUT2D eigenvalue weighted by molar-refractivity contribution is 0.0526. The number of hydrogen-bond acceptors (Lipinski definition) is 4. The summed E-state index contributed by atoms with van der Waals surface area (Å²) in [5.41, 5.74) is 4.60. The van der Waals surface area contributed by atoms with E-state index in [2.05, 4.69) is 33.8 Å². The van der Waals surface area contributed by atoms with Crippen molar-refractivity contribution in [3.63, 3.8) is 0 Å². The van der Waals surface area contributed by atoms with Crippen LogP contribution in [0.3, 0.4) is 0 Å². The molecule has 0 N–H and O–H groups in total. The third-order valence-electron chi connectivity index (χ3n) is 5.99. The number of fused-ring (bicyclic) bond motifs is 1. The van der Waals surface area contributed by atoms with Crippen LogP contribution in [0, 0.1) is 6.92 Å². The van der Waals surface area contributed by atoms with Crippen LogP contribution in [0.1, 0.15) is 84.9 Å². The van der Waals surface area contributed by atoms with Gasteiger partial charge in [-0.25, -0.2) is 9.59 Å². The first-order valence-corrected chi connectivity index (χ1v) is 10.2. The molecule has 0 unspecified atom stereocenters. The Morgan fingerprint density at radius 2 is 1.45 bits per heavy atom. The standard InChI is InChI=1S/C25H30O4/c1-7-28-22(26)17-8-10-18(11-9-17)29-23(27)19-15-21-20(14-16(19)2)24(3,4)12-13-25(21,5)6/h8-11,14-15H,7,12-13H2,1-6H3. The van der Waals surface area contributed by atoms with Gasteiger partial charge in [-0.3, -0.25) is 0 Å². The first-order valence-electron chi connectivity index (χ1n) is 10.2. The minimum atomic E-state index is -0.388. The van der Waals surface area contributed by atoms with E-state index in [1.165, 1.54) is 11.1 Å². The van der Waals surface area contributed by atoms with Gasteiger partial charge in [-0.05, 0) is 84.5 Å². The minimum Gasteiger partial charge on any atom is -0.462 e. The number of aryl methyl sites for hydroxylation is 1. The molecule has 3 rings (SSSR count). The van der Waals surface area contributed by atoms with E-state index in [0.717, 1.165) is 18.4 Å². The van der Waals surface area contributed by atoms with Crippen LogP contribution in [0.5, 0.6) is 5.75 Å². The van der Waals surface area contributed by atoms with Crippen LogP contribution in [0.25, 0.3) is 0 Å². The molecule has 4 heteroatoms. The molecular weight excluding hydrogens is 364 g/mol. The third-order valence-corrected chi connectivity index (χ3v) is 5.99. The maximum Gasteiger partial charge on any atom is 0.343 e. The summed E-state index contributed by atoms with van der Waals surface area (Å²) in [6, 6.07) is 10.6. The first-order chi connectivity index (χ1) is 13.5. The molecule has 0 spiro atoms. The molecule has 4 nitrogen and oxygen atoms in total. The summed E-state index contributed by atoms with van der Waals surface area (Å²) in [4.78, 5) is 24.7. The normalized spacial score (nSPS) is 16.6. The van der Waals surface area contributed by atoms with Crippen molar-refractivity contribution in [2.45, 2.75) is 65.2 Å². The second kappa shape index (κ2) is 7.66. The van der Waals surface area contributed by atoms with Crippen LogP contribution in [-0.2, 0) is 15.6 Å². The highest BCUT2D eigenvalue weighted by atomic mass is 16.5. The molecule has 0 fully saturated rings.